The van der Waals surface area contributed by atoms with Crippen molar-refractivity contribution in [2.45, 2.75) is 46.1 Å². The van der Waals surface area contributed by atoms with E-state index < -0.39 is 0 Å². The Morgan fingerprint density at radius 3 is 2.75 bits per heavy atom. The van der Waals surface area contributed by atoms with E-state index in [-0.39, 0.29) is 0 Å². The van der Waals surface area contributed by atoms with Crippen LogP contribution in [-0.4, -0.2) is 36.4 Å². The predicted octanol–water partition coefficient (Wildman–Crippen LogP) is 5.50. The Morgan fingerprint density at radius 2 is 1.91 bits per heavy atom. The van der Waals surface area contributed by atoms with Crippen LogP contribution in [-0.2, 0) is 11.3 Å². The van der Waals surface area contributed by atoms with Crippen molar-refractivity contribution in [2.24, 2.45) is 5.92 Å². The number of hydrogen-bond donors (Lipinski definition) is 0. The molecule has 1 fully saturated rings. The second-order valence-electron chi connectivity index (χ2n) is 8.22. The minimum Gasteiger partial charge on any atom is -0.493 e. The molecule has 6 nitrogen and oxygen atoms in total. The van der Waals surface area contributed by atoms with Gasteiger partial charge in [-0.15, -0.1) is 0 Å². The topological polar surface area (TPSA) is 62.7 Å². The van der Waals surface area contributed by atoms with E-state index in [1.807, 2.05) is 37.3 Å². The first-order chi connectivity index (χ1) is 15.7. The number of pyridine rings is 2. The molecule has 0 amide bonds. The monoisotopic (exact) mass is 436 g/mol. The summed E-state index contributed by atoms with van der Waals surface area (Å²) in [5.74, 6) is 2.73. The second kappa shape index (κ2) is 11.1. The molecule has 32 heavy (non-hydrogen) atoms. The molecule has 1 aromatic carbocycles. The van der Waals surface area contributed by atoms with Crippen LogP contribution < -0.4 is 14.2 Å². The highest BCUT2D eigenvalue weighted by Crippen LogP contribution is 2.31. The normalized spacial score (nSPS) is 14.4. The summed E-state index contributed by atoms with van der Waals surface area (Å²) in [4.78, 5) is 9.17. The van der Waals surface area contributed by atoms with Gasteiger partial charge in [0.1, 0.15) is 18.1 Å². The first-order valence-corrected chi connectivity index (χ1v) is 11.5. The maximum atomic E-state index is 6.15. The molecule has 0 bridgehead atoms. The Morgan fingerprint density at radius 1 is 1.06 bits per heavy atom. The van der Waals surface area contributed by atoms with Gasteiger partial charge in [-0.1, -0.05) is 25.5 Å². The molecule has 4 rings (SSSR count). The molecule has 1 saturated heterocycles. The molecule has 170 valence electrons. The average Bonchev–Trinajstić information content (AvgIpc) is 2.84. The first-order valence-electron chi connectivity index (χ1n) is 11.5. The van der Waals surface area contributed by atoms with Crippen molar-refractivity contribution in [3.05, 3.63) is 53.9 Å². The number of para-hydroxylation sites is 1. The van der Waals surface area contributed by atoms with Gasteiger partial charge >= 0.3 is 0 Å². The molecular formula is C26H32N2O4. The average molecular weight is 437 g/mol. The fourth-order valence-corrected chi connectivity index (χ4v) is 3.80. The minimum absolute atomic E-state index is 0.317. The first kappa shape index (κ1) is 22.3. The zero-order valence-electron chi connectivity index (χ0n) is 19.0. The summed E-state index contributed by atoms with van der Waals surface area (Å²) in [7, 11) is 0. The van der Waals surface area contributed by atoms with E-state index in [2.05, 4.69) is 18.0 Å². The summed E-state index contributed by atoms with van der Waals surface area (Å²) in [6, 6.07) is 11.8. The van der Waals surface area contributed by atoms with Crippen LogP contribution in [0.1, 0.15) is 43.9 Å². The number of hydrogen-bond acceptors (Lipinski definition) is 6. The van der Waals surface area contributed by atoms with Crippen molar-refractivity contribution in [3.8, 4) is 17.4 Å². The van der Waals surface area contributed by atoms with E-state index in [1.54, 1.807) is 6.20 Å². The van der Waals surface area contributed by atoms with E-state index in [1.165, 1.54) is 0 Å². The van der Waals surface area contributed by atoms with E-state index >= 15 is 0 Å². The van der Waals surface area contributed by atoms with Gasteiger partial charge in [-0.2, -0.15) is 0 Å². The second-order valence-corrected chi connectivity index (χ2v) is 8.22. The van der Waals surface area contributed by atoms with Gasteiger partial charge in [0.25, 0.3) is 0 Å². The molecule has 0 spiro atoms. The third kappa shape index (κ3) is 5.68. The lowest BCUT2D eigenvalue weighted by Gasteiger charge is -2.22. The van der Waals surface area contributed by atoms with E-state index in [0.29, 0.717) is 31.6 Å². The van der Waals surface area contributed by atoms with Gasteiger partial charge in [0, 0.05) is 36.4 Å². The van der Waals surface area contributed by atoms with Crippen LogP contribution in [0.4, 0.5) is 0 Å². The SMILES string of the molecule is CCCCOc1c(C)c(COc2cc(OCC3CCOCC3)ccn2)nc2ccccc12. The van der Waals surface area contributed by atoms with Gasteiger partial charge in [0.15, 0.2) is 0 Å². The van der Waals surface area contributed by atoms with Gasteiger partial charge in [0.05, 0.1) is 24.4 Å². The van der Waals surface area contributed by atoms with Crippen LogP contribution >= 0.6 is 0 Å². The van der Waals surface area contributed by atoms with Gasteiger partial charge in [-0.05, 0) is 50.3 Å². The van der Waals surface area contributed by atoms with Crippen LogP contribution in [0.5, 0.6) is 17.4 Å². The van der Waals surface area contributed by atoms with E-state index in [4.69, 9.17) is 23.9 Å². The Labute approximate surface area is 189 Å². The fourth-order valence-electron chi connectivity index (χ4n) is 3.80. The molecule has 1 aliphatic rings. The highest BCUT2D eigenvalue weighted by atomic mass is 16.5. The number of aromatic nitrogens is 2. The maximum Gasteiger partial charge on any atom is 0.217 e. The van der Waals surface area contributed by atoms with Crippen molar-refractivity contribution in [2.75, 3.05) is 26.4 Å². The zero-order chi connectivity index (χ0) is 22.2. The third-order valence-corrected chi connectivity index (χ3v) is 5.81. The Kier molecular flexibility index (Phi) is 7.77. The minimum atomic E-state index is 0.317. The highest BCUT2D eigenvalue weighted by molar-refractivity contribution is 5.86. The Bertz CT molecular complexity index is 1020. The maximum absolute atomic E-state index is 6.15. The zero-order valence-corrected chi connectivity index (χ0v) is 19.0. The summed E-state index contributed by atoms with van der Waals surface area (Å²) in [5, 5.41) is 1.03. The molecule has 2 aromatic heterocycles. The van der Waals surface area contributed by atoms with Crippen molar-refractivity contribution in [1.29, 1.82) is 0 Å². The van der Waals surface area contributed by atoms with Crippen LogP contribution in [0.2, 0.25) is 0 Å². The number of ether oxygens (including phenoxy) is 4. The van der Waals surface area contributed by atoms with Crippen molar-refractivity contribution in [3.63, 3.8) is 0 Å². The molecule has 0 radical (unpaired) electrons. The molecule has 0 aliphatic carbocycles. The van der Waals surface area contributed by atoms with Crippen LogP contribution in [0.15, 0.2) is 42.6 Å². The van der Waals surface area contributed by atoms with Gasteiger partial charge in [-0.25, -0.2) is 9.97 Å². The van der Waals surface area contributed by atoms with Crippen molar-refractivity contribution in [1.82, 2.24) is 9.97 Å². The Balaban J connectivity index is 1.45. The molecule has 0 N–H and O–H groups in total. The van der Waals surface area contributed by atoms with Gasteiger partial charge in [-0.3, -0.25) is 0 Å². The molecule has 0 saturated carbocycles. The Hall–Kier alpha value is -2.86. The standard InChI is InChI=1S/C26H32N2O4/c1-3-4-13-30-26-19(2)24(28-23-8-6-5-7-22(23)26)18-32-25-16-21(9-12-27-25)31-17-20-10-14-29-15-11-20/h5-9,12,16,20H,3-4,10-11,13-15,17-18H2,1-2H3. The molecule has 3 heterocycles. The highest BCUT2D eigenvalue weighted by Gasteiger charge is 2.16. The van der Waals surface area contributed by atoms with Crippen LogP contribution in [0.3, 0.4) is 0 Å². The molecule has 0 atom stereocenters. The largest absolute Gasteiger partial charge is 0.493 e. The van der Waals surface area contributed by atoms with E-state index in [9.17, 15) is 0 Å². The molecule has 1 aliphatic heterocycles. The summed E-state index contributed by atoms with van der Waals surface area (Å²) in [6.45, 7) is 7.55. The number of unbranched alkanes of at least 4 members (excludes halogenated alkanes) is 1. The molecule has 3 aromatic rings. The summed E-state index contributed by atoms with van der Waals surface area (Å²) < 4.78 is 23.6. The van der Waals surface area contributed by atoms with Crippen molar-refractivity contribution >= 4 is 10.9 Å². The van der Waals surface area contributed by atoms with Crippen LogP contribution in [0, 0.1) is 12.8 Å². The summed E-state index contributed by atoms with van der Waals surface area (Å²) >= 11 is 0. The summed E-state index contributed by atoms with van der Waals surface area (Å²) in [6.07, 6.45) is 5.92. The fraction of sp³-hybridized carbons (Fsp3) is 0.462. The molecule has 6 heteroatoms. The third-order valence-electron chi connectivity index (χ3n) is 5.81. The number of fused-ring (bicyclic) bond motifs is 1. The lowest BCUT2D eigenvalue weighted by Crippen LogP contribution is -2.21. The number of nitrogens with zero attached hydrogens (tertiary/aromatic N) is 2. The quantitative estimate of drug-likeness (QED) is 0.391. The lowest BCUT2D eigenvalue weighted by atomic mass is 10.0. The van der Waals surface area contributed by atoms with Gasteiger partial charge in [0.2, 0.25) is 5.88 Å². The van der Waals surface area contributed by atoms with Crippen LogP contribution in [0.25, 0.3) is 10.9 Å². The lowest BCUT2D eigenvalue weighted by molar-refractivity contribution is 0.0497. The smallest absolute Gasteiger partial charge is 0.217 e. The molecule has 0 unspecified atom stereocenters. The van der Waals surface area contributed by atoms with E-state index in [0.717, 1.165) is 72.6 Å². The predicted molar refractivity (Wildman–Crippen MR) is 124 cm³/mol. The molecular weight excluding hydrogens is 404 g/mol. The summed E-state index contributed by atoms with van der Waals surface area (Å²) in [5.41, 5.74) is 2.77. The van der Waals surface area contributed by atoms with Crippen molar-refractivity contribution < 1.29 is 18.9 Å². The van der Waals surface area contributed by atoms with Gasteiger partial charge < -0.3 is 18.9 Å². The number of benzene rings is 1. The number of rotatable bonds is 10.